The zero-order valence-corrected chi connectivity index (χ0v) is 11.8. The predicted molar refractivity (Wildman–Crippen MR) is 78.5 cm³/mol. The Hall–Kier alpha value is -2.07. The van der Waals surface area contributed by atoms with Gasteiger partial charge in [-0.05, 0) is 31.5 Å². The highest BCUT2D eigenvalue weighted by molar-refractivity contribution is 5.92. The van der Waals surface area contributed by atoms with E-state index >= 15 is 0 Å². The maximum Gasteiger partial charge on any atom is 0.270 e. The SMILES string of the molecule is CCN(C[C@@H](O)c1ccc(C)cc1)C(=O)c1ccc[nH]1. The first-order chi connectivity index (χ1) is 9.61. The van der Waals surface area contributed by atoms with Crippen LogP contribution in [0.2, 0.25) is 0 Å². The third kappa shape index (κ3) is 3.27. The molecule has 4 heteroatoms. The van der Waals surface area contributed by atoms with Gasteiger partial charge in [0.1, 0.15) is 5.69 Å². The molecule has 1 amide bonds. The molecule has 0 aliphatic rings. The molecule has 1 aromatic heterocycles. The summed E-state index contributed by atoms with van der Waals surface area (Å²) in [7, 11) is 0. The van der Waals surface area contributed by atoms with Crippen LogP contribution in [0.3, 0.4) is 0 Å². The van der Waals surface area contributed by atoms with Crippen molar-refractivity contribution in [3.05, 3.63) is 59.4 Å². The van der Waals surface area contributed by atoms with E-state index in [0.717, 1.165) is 11.1 Å². The fourth-order valence-electron chi connectivity index (χ4n) is 2.09. The Morgan fingerprint density at radius 3 is 2.55 bits per heavy atom. The van der Waals surface area contributed by atoms with E-state index in [-0.39, 0.29) is 12.5 Å². The van der Waals surface area contributed by atoms with Gasteiger partial charge in [-0.3, -0.25) is 4.79 Å². The molecule has 2 rings (SSSR count). The number of aromatic nitrogens is 1. The van der Waals surface area contributed by atoms with Gasteiger partial charge in [0.15, 0.2) is 0 Å². The molecule has 0 unspecified atom stereocenters. The summed E-state index contributed by atoms with van der Waals surface area (Å²) in [6.07, 6.45) is 1.05. The van der Waals surface area contributed by atoms with Gasteiger partial charge >= 0.3 is 0 Å². The van der Waals surface area contributed by atoms with Gasteiger partial charge in [0.05, 0.1) is 12.6 Å². The number of amides is 1. The minimum Gasteiger partial charge on any atom is -0.387 e. The zero-order valence-electron chi connectivity index (χ0n) is 11.8. The van der Waals surface area contributed by atoms with Crippen LogP contribution in [0.25, 0.3) is 0 Å². The predicted octanol–water partition coefficient (Wildman–Crippen LogP) is 2.52. The second-order valence-corrected chi connectivity index (χ2v) is 4.85. The van der Waals surface area contributed by atoms with Crippen LogP contribution in [0.15, 0.2) is 42.6 Å². The molecule has 1 aromatic carbocycles. The van der Waals surface area contributed by atoms with Crippen molar-refractivity contribution in [2.45, 2.75) is 20.0 Å². The van der Waals surface area contributed by atoms with Gasteiger partial charge in [0.2, 0.25) is 0 Å². The Kier molecular flexibility index (Phi) is 4.58. The van der Waals surface area contributed by atoms with Crippen LogP contribution in [-0.2, 0) is 0 Å². The monoisotopic (exact) mass is 272 g/mol. The molecule has 1 atom stereocenters. The number of carbonyl (C=O) groups is 1. The first-order valence-corrected chi connectivity index (χ1v) is 6.79. The van der Waals surface area contributed by atoms with Crippen LogP contribution in [0, 0.1) is 6.92 Å². The van der Waals surface area contributed by atoms with Crippen LogP contribution < -0.4 is 0 Å². The number of aryl methyl sites for hydroxylation is 1. The van der Waals surface area contributed by atoms with Crippen molar-refractivity contribution < 1.29 is 9.90 Å². The molecule has 0 aliphatic heterocycles. The van der Waals surface area contributed by atoms with Gasteiger partial charge < -0.3 is 15.0 Å². The molecule has 0 aliphatic carbocycles. The lowest BCUT2D eigenvalue weighted by Crippen LogP contribution is -2.34. The maximum atomic E-state index is 12.2. The van der Waals surface area contributed by atoms with E-state index in [4.69, 9.17) is 0 Å². The number of H-pyrrole nitrogens is 1. The Morgan fingerprint density at radius 1 is 1.30 bits per heavy atom. The summed E-state index contributed by atoms with van der Waals surface area (Å²) >= 11 is 0. The highest BCUT2D eigenvalue weighted by Gasteiger charge is 2.19. The lowest BCUT2D eigenvalue weighted by atomic mass is 10.1. The fraction of sp³-hybridized carbons (Fsp3) is 0.312. The molecule has 0 fully saturated rings. The Morgan fingerprint density at radius 2 is 2.00 bits per heavy atom. The highest BCUT2D eigenvalue weighted by Crippen LogP contribution is 2.16. The molecule has 0 saturated carbocycles. The van der Waals surface area contributed by atoms with Crippen LogP contribution in [0.4, 0.5) is 0 Å². The van der Waals surface area contributed by atoms with Gasteiger partial charge in [0.25, 0.3) is 5.91 Å². The Bertz CT molecular complexity index is 546. The standard InChI is InChI=1S/C16H20N2O2/c1-3-18(16(20)14-5-4-10-17-14)11-15(19)13-8-6-12(2)7-9-13/h4-10,15,17,19H,3,11H2,1-2H3/t15-/m1/s1. The molecule has 0 spiro atoms. The third-order valence-electron chi connectivity index (χ3n) is 3.35. The topological polar surface area (TPSA) is 56.3 Å². The van der Waals surface area contributed by atoms with Gasteiger partial charge in [-0.2, -0.15) is 0 Å². The number of carbonyl (C=O) groups excluding carboxylic acids is 1. The lowest BCUT2D eigenvalue weighted by Gasteiger charge is -2.23. The largest absolute Gasteiger partial charge is 0.387 e. The van der Waals surface area contributed by atoms with Crippen LogP contribution >= 0.6 is 0 Å². The van der Waals surface area contributed by atoms with Crippen LogP contribution in [-0.4, -0.2) is 34.0 Å². The molecule has 20 heavy (non-hydrogen) atoms. The summed E-state index contributed by atoms with van der Waals surface area (Å²) < 4.78 is 0. The minimum atomic E-state index is -0.672. The second-order valence-electron chi connectivity index (χ2n) is 4.85. The minimum absolute atomic E-state index is 0.0938. The van der Waals surface area contributed by atoms with E-state index in [1.54, 1.807) is 23.2 Å². The number of aromatic amines is 1. The van der Waals surface area contributed by atoms with Gasteiger partial charge in [0, 0.05) is 12.7 Å². The molecule has 0 saturated heterocycles. The summed E-state index contributed by atoms with van der Waals surface area (Å²) in [5.41, 5.74) is 2.52. The average molecular weight is 272 g/mol. The van der Waals surface area contributed by atoms with E-state index in [1.165, 1.54) is 0 Å². The Balaban J connectivity index is 2.06. The number of aliphatic hydroxyl groups is 1. The van der Waals surface area contributed by atoms with Crippen molar-refractivity contribution >= 4 is 5.91 Å². The third-order valence-corrected chi connectivity index (χ3v) is 3.35. The molecule has 1 heterocycles. The van der Waals surface area contributed by atoms with Crippen LogP contribution in [0.5, 0.6) is 0 Å². The molecule has 106 valence electrons. The summed E-state index contributed by atoms with van der Waals surface area (Å²) in [6, 6.07) is 11.2. The second kappa shape index (κ2) is 6.39. The smallest absolute Gasteiger partial charge is 0.270 e. The van der Waals surface area contributed by atoms with Crippen molar-refractivity contribution in [3.63, 3.8) is 0 Å². The molecule has 2 N–H and O–H groups in total. The van der Waals surface area contributed by atoms with Gasteiger partial charge in [-0.15, -0.1) is 0 Å². The fourth-order valence-corrected chi connectivity index (χ4v) is 2.09. The molecular formula is C16H20N2O2. The first kappa shape index (κ1) is 14.3. The number of benzene rings is 1. The summed E-state index contributed by atoms with van der Waals surface area (Å²) in [5.74, 6) is -0.0938. The average Bonchev–Trinajstić information content (AvgIpc) is 2.98. The number of nitrogens with one attached hydrogen (secondary N) is 1. The maximum absolute atomic E-state index is 12.2. The van der Waals surface area contributed by atoms with E-state index in [2.05, 4.69) is 4.98 Å². The van der Waals surface area contributed by atoms with Gasteiger partial charge in [-0.1, -0.05) is 29.8 Å². The van der Waals surface area contributed by atoms with E-state index in [1.807, 2.05) is 38.1 Å². The van der Waals surface area contributed by atoms with Crippen molar-refractivity contribution in [2.75, 3.05) is 13.1 Å². The normalized spacial score (nSPS) is 12.2. The number of likely N-dealkylation sites (N-methyl/N-ethyl adjacent to an activating group) is 1. The lowest BCUT2D eigenvalue weighted by molar-refractivity contribution is 0.0630. The van der Waals surface area contributed by atoms with Crippen molar-refractivity contribution in [1.82, 2.24) is 9.88 Å². The Labute approximate surface area is 119 Å². The quantitative estimate of drug-likeness (QED) is 0.878. The van der Waals surface area contributed by atoms with Crippen molar-refractivity contribution in [2.24, 2.45) is 0 Å². The summed E-state index contributed by atoms with van der Waals surface area (Å²) in [4.78, 5) is 16.8. The molecule has 0 bridgehead atoms. The molecular weight excluding hydrogens is 252 g/mol. The number of rotatable bonds is 5. The number of hydrogen-bond donors (Lipinski definition) is 2. The first-order valence-electron chi connectivity index (χ1n) is 6.79. The number of aliphatic hydroxyl groups excluding tert-OH is 1. The van der Waals surface area contributed by atoms with Gasteiger partial charge in [-0.25, -0.2) is 0 Å². The summed E-state index contributed by atoms with van der Waals surface area (Å²) in [5, 5.41) is 10.3. The van der Waals surface area contributed by atoms with E-state index in [0.29, 0.717) is 12.2 Å². The van der Waals surface area contributed by atoms with Crippen LogP contribution in [0.1, 0.15) is 34.6 Å². The van der Waals surface area contributed by atoms with E-state index in [9.17, 15) is 9.90 Å². The molecule has 4 nitrogen and oxygen atoms in total. The number of hydrogen-bond acceptors (Lipinski definition) is 2. The van der Waals surface area contributed by atoms with Crippen molar-refractivity contribution in [1.29, 1.82) is 0 Å². The van der Waals surface area contributed by atoms with E-state index < -0.39 is 6.10 Å². The molecule has 0 radical (unpaired) electrons. The zero-order chi connectivity index (χ0) is 14.5. The molecule has 2 aromatic rings. The van der Waals surface area contributed by atoms with Crippen molar-refractivity contribution in [3.8, 4) is 0 Å². The summed E-state index contributed by atoms with van der Waals surface area (Å²) in [6.45, 7) is 4.75. The highest BCUT2D eigenvalue weighted by atomic mass is 16.3. The number of nitrogens with zero attached hydrogens (tertiary/aromatic N) is 1.